The van der Waals surface area contributed by atoms with E-state index < -0.39 is 0 Å². The molecule has 7 heteroatoms. The minimum Gasteiger partial charge on any atom is -0.304 e. The number of anilines is 1. The first-order valence-corrected chi connectivity index (χ1v) is 5.19. The standard InChI is InChI=1S/C8H5ClN4OS/c9-6-2-10-3-7(12-6)13-8(14)5-1-11-4-15-5/h1-4H,(H,12,13,14). The van der Waals surface area contributed by atoms with Crippen molar-refractivity contribution in [1.82, 2.24) is 15.0 Å². The quantitative estimate of drug-likeness (QED) is 0.870. The number of carbonyl (C=O) groups is 1. The molecule has 0 spiro atoms. The molecule has 0 unspecified atom stereocenters. The number of thiazole rings is 1. The molecule has 0 aromatic carbocycles. The van der Waals surface area contributed by atoms with E-state index in [-0.39, 0.29) is 11.1 Å². The lowest BCUT2D eigenvalue weighted by atomic mass is 10.5. The molecule has 2 heterocycles. The minimum absolute atomic E-state index is 0.233. The van der Waals surface area contributed by atoms with Gasteiger partial charge in [-0.05, 0) is 0 Å². The number of nitrogens with zero attached hydrogens (tertiary/aromatic N) is 3. The van der Waals surface area contributed by atoms with Crippen LogP contribution in [0.2, 0.25) is 5.15 Å². The number of aromatic nitrogens is 3. The van der Waals surface area contributed by atoms with Gasteiger partial charge in [0.05, 0.1) is 24.1 Å². The minimum atomic E-state index is -0.269. The Bertz CT molecular complexity index is 473. The first-order chi connectivity index (χ1) is 7.25. The van der Waals surface area contributed by atoms with E-state index in [4.69, 9.17) is 11.6 Å². The zero-order valence-electron chi connectivity index (χ0n) is 7.35. The third kappa shape index (κ3) is 2.48. The molecule has 0 atom stereocenters. The highest BCUT2D eigenvalue weighted by Gasteiger charge is 2.08. The lowest BCUT2D eigenvalue weighted by molar-refractivity contribution is 0.103. The van der Waals surface area contributed by atoms with Gasteiger partial charge in [-0.15, -0.1) is 11.3 Å². The van der Waals surface area contributed by atoms with Gasteiger partial charge in [0, 0.05) is 0 Å². The number of hydrogen-bond donors (Lipinski definition) is 1. The first kappa shape index (κ1) is 10.0. The maximum atomic E-state index is 11.5. The fourth-order valence-corrected chi connectivity index (χ4v) is 1.57. The van der Waals surface area contributed by atoms with Crippen LogP contribution in [-0.4, -0.2) is 20.9 Å². The highest BCUT2D eigenvalue weighted by atomic mass is 35.5. The van der Waals surface area contributed by atoms with Gasteiger partial charge in [-0.2, -0.15) is 0 Å². The van der Waals surface area contributed by atoms with Crippen molar-refractivity contribution >= 4 is 34.7 Å². The lowest BCUT2D eigenvalue weighted by Crippen LogP contribution is -2.11. The smallest absolute Gasteiger partial charge is 0.268 e. The first-order valence-electron chi connectivity index (χ1n) is 3.93. The summed E-state index contributed by atoms with van der Waals surface area (Å²) in [5.74, 6) is 0.0509. The van der Waals surface area contributed by atoms with Gasteiger partial charge in [0.1, 0.15) is 10.0 Å². The summed E-state index contributed by atoms with van der Waals surface area (Å²) in [6, 6.07) is 0. The Hall–Kier alpha value is -1.53. The number of halogens is 1. The molecule has 1 amide bonds. The predicted molar refractivity (Wildman–Crippen MR) is 57.1 cm³/mol. The second kappa shape index (κ2) is 4.33. The van der Waals surface area contributed by atoms with Crippen LogP contribution in [0.3, 0.4) is 0 Å². The summed E-state index contributed by atoms with van der Waals surface area (Å²) < 4.78 is 0. The van der Waals surface area contributed by atoms with E-state index in [1.807, 2.05) is 0 Å². The van der Waals surface area contributed by atoms with Crippen LogP contribution in [0.25, 0.3) is 0 Å². The maximum absolute atomic E-state index is 11.5. The molecule has 2 rings (SSSR count). The molecule has 2 aromatic heterocycles. The Morgan fingerprint density at radius 1 is 1.33 bits per heavy atom. The molecule has 0 radical (unpaired) electrons. The Morgan fingerprint density at radius 2 is 2.20 bits per heavy atom. The van der Waals surface area contributed by atoms with E-state index in [0.717, 1.165) is 0 Å². The van der Waals surface area contributed by atoms with E-state index in [1.54, 1.807) is 5.51 Å². The Kier molecular flexibility index (Phi) is 2.89. The Labute approximate surface area is 94.2 Å². The van der Waals surface area contributed by atoms with Crippen LogP contribution in [0.1, 0.15) is 9.67 Å². The van der Waals surface area contributed by atoms with Crippen molar-refractivity contribution in [2.24, 2.45) is 0 Å². The third-order valence-electron chi connectivity index (χ3n) is 1.50. The molecule has 5 nitrogen and oxygen atoms in total. The molecule has 0 aliphatic carbocycles. The molecule has 0 saturated heterocycles. The van der Waals surface area contributed by atoms with Gasteiger partial charge in [-0.1, -0.05) is 11.6 Å². The van der Waals surface area contributed by atoms with Gasteiger partial charge in [0.15, 0.2) is 5.82 Å². The van der Waals surface area contributed by atoms with Crippen LogP contribution >= 0.6 is 22.9 Å². The number of nitrogens with one attached hydrogen (secondary N) is 1. The zero-order chi connectivity index (χ0) is 10.7. The molecule has 15 heavy (non-hydrogen) atoms. The molecule has 76 valence electrons. The Morgan fingerprint density at radius 3 is 2.87 bits per heavy atom. The van der Waals surface area contributed by atoms with Crippen LogP contribution in [-0.2, 0) is 0 Å². The van der Waals surface area contributed by atoms with Crippen LogP contribution in [0, 0.1) is 0 Å². The van der Waals surface area contributed by atoms with Crippen molar-refractivity contribution in [2.45, 2.75) is 0 Å². The van der Waals surface area contributed by atoms with Gasteiger partial charge < -0.3 is 5.32 Å². The average molecular weight is 241 g/mol. The third-order valence-corrected chi connectivity index (χ3v) is 2.46. The summed E-state index contributed by atoms with van der Waals surface area (Å²) in [6.07, 6.45) is 4.30. The Balaban J connectivity index is 2.13. The van der Waals surface area contributed by atoms with Crippen molar-refractivity contribution in [3.05, 3.63) is 34.1 Å². The summed E-state index contributed by atoms with van der Waals surface area (Å²) in [6.45, 7) is 0. The van der Waals surface area contributed by atoms with Crippen LogP contribution in [0.15, 0.2) is 24.1 Å². The normalized spacial score (nSPS) is 9.93. The predicted octanol–water partition coefficient (Wildman–Crippen LogP) is 1.84. The van der Waals surface area contributed by atoms with Crippen molar-refractivity contribution in [3.8, 4) is 0 Å². The van der Waals surface area contributed by atoms with E-state index in [9.17, 15) is 4.79 Å². The number of amides is 1. The molecular formula is C8H5ClN4OS. The zero-order valence-corrected chi connectivity index (χ0v) is 8.92. The highest BCUT2D eigenvalue weighted by molar-refractivity contribution is 7.11. The summed E-state index contributed by atoms with van der Waals surface area (Å²) >= 11 is 6.87. The fourth-order valence-electron chi connectivity index (χ4n) is 0.908. The van der Waals surface area contributed by atoms with Crippen molar-refractivity contribution < 1.29 is 4.79 Å². The maximum Gasteiger partial charge on any atom is 0.268 e. The second-order valence-electron chi connectivity index (χ2n) is 2.55. The van der Waals surface area contributed by atoms with Gasteiger partial charge >= 0.3 is 0 Å². The van der Waals surface area contributed by atoms with Crippen molar-refractivity contribution in [2.75, 3.05) is 5.32 Å². The molecule has 0 fully saturated rings. The summed E-state index contributed by atoms with van der Waals surface area (Å²) in [7, 11) is 0. The average Bonchev–Trinajstić information content (AvgIpc) is 2.70. The monoisotopic (exact) mass is 240 g/mol. The van der Waals surface area contributed by atoms with E-state index in [0.29, 0.717) is 10.7 Å². The van der Waals surface area contributed by atoms with Crippen LogP contribution in [0.4, 0.5) is 5.82 Å². The lowest BCUT2D eigenvalue weighted by Gasteiger charge is -2.00. The van der Waals surface area contributed by atoms with Gasteiger partial charge in [-0.3, -0.25) is 14.8 Å². The molecular weight excluding hydrogens is 236 g/mol. The topological polar surface area (TPSA) is 67.8 Å². The number of rotatable bonds is 2. The summed E-state index contributed by atoms with van der Waals surface area (Å²) in [4.78, 5) is 23.5. The van der Waals surface area contributed by atoms with Gasteiger partial charge in [0.25, 0.3) is 5.91 Å². The molecule has 2 aromatic rings. The fraction of sp³-hybridized carbons (Fsp3) is 0. The molecule has 0 aliphatic rings. The largest absolute Gasteiger partial charge is 0.304 e. The summed E-state index contributed by atoms with van der Waals surface area (Å²) in [5.41, 5.74) is 1.58. The highest BCUT2D eigenvalue weighted by Crippen LogP contribution is 2.10. The molecule has 1 N–H and O–H groups in total. The van der Waals surface area contributed by atoms with Crippen LogP contribution in [0.5, 0.6) is 0 Å². The van der Waals surface area contributed by atoms with Gasteiger partial charge in [-0.25, -0.2) is 4.98 Å². The van der Waals surface area contributed by atoms with Crippen LogP contribution < -0.4 is 5.32 Å². The van der Waals surface area contributed by atoms with E-state index >= 15 is 0 Å². The van der Waals surface area contributed by atoms with E-state index in [2.05, 4.69) is 20.3 Å². The molecule has 0 saturated carbocycles. The SMILES string of the molecule is O=C(Nc1cncc(Cl)n1)c1cncs1. The summed E-state index contributed by atoms with van der Waals surface area (Å²) in [5, 5.41) is 2.79. The molecule has 0 aliphatic heterocycles. The molecule has 0 bridgehead atoms. The van der Waals surface area contributed by atoms with Crippen molar-refractivity contribution in [3.63, 3.8) is 0 Å². The second-order valence-corrected chi connectivity index (χ2v) is 3.82. The number of hydrogen-bond acceptors (Lipinski definition) is 5. The van der Waals surface area contributed by atoms with E-state index in [1.165, 1.54) is 29.9 Å². The van der Waals surface area contributed by atoms with Crippen molar-refractivity contribution in [1.29, 1.82) is 0 Å². The number of carbonyl (C=O) groups excluding carboxylic acids is 1. The van der Waals surface area contributed by atoms with Gasteiger partial charge in [0.2, 0.25) is 0 Å².